The molecule has 0 bridgehead atoms. The quantitative estimate of drug-likeness (QED) is 0.531. The van der Waals surface area contributed by atoms with Crippen LogP contribution in [0.25, 0.3) is 0 Å². The maximum Gasteiger partial charge on any atom is 0.289 e. The van der Waals surface area contributed by atoms with Gasteiger partial charge in [-0.2, -0.15) is 5.10 Å². The van der Waals surface area contributed by atoms with E-state index in [1.807, 2.05) is 0 Å². The zero-order chi connectivity index (χ0) is 6.85. The molecule has 0 aliphatic heterocycles. The lowest BCUT2D eigenvalue weighted by Gasteiger charge is -1.88. The van der Waals surface area contributed by atoms with Crippen LogP contribution in [0.5, 0.6) is 0 Å². The number of halogens is 1. The summed E-state index contributed by atoms with van der Waals surface area (Å²) < 4.78 is 1.31. The second-order valence-corrected chi connectivity index (χ2v) is 1.82. The predicted octanol–water partition coefficient (Wildman–Crippen LogP) is 0.194. The van der Waals surface area contributed by atoms with Crippen LogP contribution >= 0.6 is 11.6 Å². The molecule has 0 unspecified atom stereocenters. The van der Waals surface area contributed by atoms with Crippen LogP contribution in [-0.4, -0.2) is 20.0 Å². The molecular weight excluding hydrogens is 142 g/mol. The maximum absolute atomic E-state index is 10.4. The molecule has 5 heteroatoms. The van der Waals surface area contributed by atoms with Gasteiger partial charge >= 0.3 is 0 Å². The average Bonchev–Trinajstić information content (AvgIpc) is 2.13. The molecule has 0 N–H and O–H groups in total. The molecule has 0 aliphatic rings. The number of aromatic nitrogens is 3. The molecule has 1 aromatic heterocycles. The second-order valence-electron chi connectivity index (χ2n) is 1.48. The van der Waals surface area contributed by atoms with Crippen LogP contribution in [0.1, 0.15) is 10.6 Å². The van der Waals surface area contributed by atoms with Crippen LogP contribution in [0.3, 0.4) is 0 Å². The lowest BCUT2D eigenvalue weighted by Crippen LogP contribution is -2.01. The largest absolute Gasteiger partial charge is 0.289 e. The highest BCUT2D eigenvalue weighted by molar-refractivity contribution is 6.67. The minimum Gasteiger partial charge on any atom is -0.272 e. The van der Waals surface area contributed by atoms with Crippen LogP contribution in [0, 0.1) is 0 Å². The van der Waals surface area contributed by atoms with Crippen LogP contribution in [0.4, 0.5) is 0 Å². The van der Waals surface area contributed by atoms with Gasteiger partial charge in [-0.05, 0) is 11.6 Å². The molecule has 48 valence electrons. The van der Waals surface area contributed by atoms with Crippen molar-refractivity contribution in [2.45, 2.75) is 0 Å². The Morgan fingerprint density at radius 1 is 1.89 bits per heavy atom. The number of aryl methyl sites for hydroxylation is 1. The van der Waals surface area contributed by atoms with Crippen molar-refractivity contribution in [1.82, 2.24) is 14.8 Å². The zero-order valence-corrected chi connectivity index (χ0v) is 5.46. The van der Waals surface area contributed by atoms with Gasteiger partial charge in [-0.1, -0.05) is 0 Å². The van der Waals surface area contributed by atoms with Gasteiger partial charge in [0.15, 0.2) is 0 Å². The van der Waals surface area contributed by atoms with Crippen molar-refractivity contribution in [1.29, 1.82) is 0 Å². The van der Waals surface area contributed by atoms with E-state index >= 15 is 0 Å². The molecule has 0 atom stereocenters. The summed E-state index contributed by atoms with van der Waals surface area (Å²) in [7, 11) is 1.60. The van der Waals surface area contributed by atoms with E-state index in [0.717, 1.165) is 0 Å². The molecule has 0 aliphatic carbocycles. The minimum absolute atomic E-state index is 0.164. The Morgan fingerprint density at radius 2 is 2.56 bits per heavy atom. The highest BCUT2D eigenvalue weighted by Gasteiger charge is 2.06. The Bertz CT molecular complexity index is 231. The Morgan fingerprint density at radius 3 is 2.78 bits per heavy atom. The lowest BCUT2D eigenvalue weighted by atomic mass is 10.7. The van der Waals surface area contributed by atoms with E-state index in [0.29, 0.717) is 0 Å². The molecule has 0 aromatic carbocycles. The highest BCUT2D eigenvalue weighted by Crippen LogP contribution is 1.94. The second kappa shape index (κ2) is 2.14. The molecular formula is C4H4ClN3O. The first-order valence-corrected chi connectivity index (χ1v) is 2.63. The van der Waals surface area contributed by atoms with Crippen molar-refractivity contribution < 1.29 is 4.79 Å². The summed E-state index contributed by atoms with van der Waals surface area (Å²) in [6.45, 7) is 0. The van der Waals surface area contributed by atoms with Crippen molar-refractivity contribution in [3.63, 3.8) is 0 Å². The zero-order valence-electron chi connectivity index (χ0n) is 4.71. The van der Waals surface area contributed by atoms with E-state index in [1.165, 1.54) is 11.0 Å². The molecule has 1 aromatic rings. The first-order valence-electron chi connectivity index (χ1n) is 2.25. The van der Waals surface area contributed by atoms with Crippen molar-refractivity contribution in [2.24, 2.45) is 7.05 Å². The Hall–Kier alpha value is -0.900. The number of rotatable bonds is 1. The normalized spacial score (nSPS) is 9.56. The van der Waals surface area contributed by atoms with Gasteiger partial charge in [-0.15, -0.1) is 0 Å². The summed E-state index contributed by atoms with van der Waals surface area (Å²) in [6, 6.07) is 0. The molecule has 9 heavy (non-hydrogen) atoms. The van der Waals surface area contributed by atoms with Gasteiger partial charge in [-0.3, -0.25) is 4.79 Å². The number of hydrogen-bond acceptors (Lipinski definition) is 3. The molecule has 0 spiro atoms. The summed E-state index contributed by atoms with van der Waals surface area (Å²) in [5.74, 6) is 0.164. The van der Waals surface area contributed by atoms with E-state index in [9.17, 15) is 4.79 Å². The lowest BCUT2D eigenvalue weighted by molar-refractivity contribution is 0.106. The van der Waals surface area contributed by atoms with Gasteiger partial charge in [0.05, 0.1) is 0 Å². The molecule has 1 heterocycles. The monoisotopic (exact) mass is 145 g/mol. The topological polar surface area (TPSA) is 47.8 Å². The summed E-state index contributed by atoms with van der Waals surface area (Å²) in [5, 5.41) is 3.05. The molecule has 0 saturated carbocycles. The van der Waals surface area contributed by atoms with E-state index < -0.39 is 5.24 Å². The Kier molecular flexibility index (Phi) is 1.48. The fraction of sp³-hybridized carbons (Fsp3) is 0.250. The van der Waals surface area contributed by atoms with Gasteiger partial charge < -0.3 is 0 Å². The fourth-order valence-electron chi connectivity index (χ4n) is 0.474. The smallest absolute Gasteiger partial charge is 0.272 e. The fourth-order valence-corrected chi connectivity index (χ4v) is 0.645. The van der Waals surface area contributed by atoms with Crippen molar-refractivity contribution in [3.8, 4) is 0 Å². The van der Waals surface area contributed by atoms with Gasteiger partial charge in [0.25, 0.3) is 5.24 Å². The summed E-state index contributed by atoms with van der Waals surface area (Å²) in [5.41, 5.74) is 0. The van der Waals surface area contributed by atoms with Crippen molar-refractivity contribution in [3.05, 3.63) is 12.2 Å². The van der Waals surface area contributed by atoms with E-state index in [2.05, 4.69) is 10.1 Å². The first-order chi connectivity index (χ1) is 4.22. The SMILES string of the molecule is Cn1ncnc1C(=O)Cl. The van der Waals surface area contributed by atoms with Gasteiger partial charge in [-0.25, -0.2) is 9.67 Å². The molecule has 1 rings (SSSR count). The van der Waals surface area contributed by atoms with E-state index in [4.69, 9.17) is 11.6 Å². The third-order valence-electron chi connectivity index (χ3n) is 0.887. The van der Waals surface area contributed by atoms with Crippen LogP contribution in [0.2, 0.25) is 0 Å². The van der Waals surface area contributed by atoms with Crippen molar-refractivity contribution in [2.75, 3.05) is 0 Å². The predicted molar refractivity (Wildman–Crippen MR) is 31.2 cm³/mol. The summed E-state index contributed by atoms with van der Waals surface area (Å²) in [4.78, 5) is 14.0. The third-order valence-corrected chi connectivity index (χ3v) is 1.06. The summed E-state index contributed by atoms with van der Waals surface area (Å²) >= 11 is 5.09. The molecule has 0 fully saturated rings. The third kappa shape index (κ3) is 1.08. The summed E-state index contributed by atoms with van der Waals surface area (Å²) in [6.07, 6.45) is 1.27. The van der Waals surface area contributed by atoms with Crippen LogP contribution in [0.15, 0.2) is 6.33 Å². The molecule has 4 nitrogen and oxygen atoms in total. The van der Waals surface area contributed by atoms with Gasteiger partial charge in [0, 0.05) is 7.05 Å². The van der Waals surface area contributed by atoms with E-state index in [1.54, 1.807) is 7.05 Å². The highest BCUT2D eigenvalue weighted by atomic mass is 35.5. The average molecular weight is 146 g/mol. The number of nitrogens with zero attached hydrogens (tertiary/aromatic N) is 3. The Balaban J connectivity index is 3.08. The van der Waals surface area contributed by atoms with Crippen LogP contribution < -0.4 is 0 Å². The van der Waals surface area contributed by atoms with Crippen molar-refractivity contribution >= 4 is 16.8 Å². The number of hydrogen-bond donors (Lipinski definition) is 0. The van der Waals surface area contributed by atoms with E-state index in [-0.39, 0.29) is 5.82 Å². The van der Waals surface area contributed by atoms with Gasteiger partial charge in [0.2, 0.25) is 5.82 Å². The minimum atomic E-state index is -0.588. The number of carbonyl (C=O) groups is 1. The van der Waals surface area contributed by atoms with Crippen LogP contribution in [-0.2, 0) is 7.05 Å². The Labute approximate surface area is 56.5 Å². The molecule has 0 radical (unpaired) electrons. The standard InChI is InChI=1S/C4H4ClN3O/c1-8-4(3(5)9)6-2-7-8/h2H,1H3. The van der Waals surface area contributed by atoms with Gasteiger partial charge in [0.1, 0.15) is 6.33 Å². The molecule has 0 amide bonds. The maximum atomic E-state index is 10.4. The molecule has 0 saturated heterocycles. The number of carbonyl (C=O) groups excluding carboxylic acids is 1. The first kappa shape index (κ1) is 6.22.